The molecule has 2 heterocycles. The van der Waals surface area contributed by atoms with Crippen LogP contribution >= 0.6 is 23.6 Å². The fraction of sp³-hybridized carbons (Fsp3) is 0.455. The number of unbranched alkanes of at least 4 members (excludes halogenated alkanes) is 2. The van der Waals surface area contributed by atoms with Gasteiger partial charge in [-0.25, -0.2) is 0 Å². The average Bonchev–Trinajstić information content (AvgIpc) is 2.71. The molecule has 0 amide bonds. The Kier molecular flexibility index (Phi) is 3.56. The van der Waals surface area contributed by atoms with Gasteiger partial charge in [0.25, 0.3) is 5.56 Å². The van der Waals surface area contributed by atoms with Gasteiger partial charge in [0.05, 0.1) is 5.52 Å². The molecule has 0 aliphatic carbocycles. The minimum Gasteiger partial charge on any atom is -0.331 e. The second kappa shape index (κ2) is 4.93. The molecule has 2 aromatic rings. The highest BCUT2D eigenvalue weighted by molar-refractivity contribution is 7.71. The van der Waals surface area contributed by atoms with E-state index < -0.39 is 0 Å². The number of rotatable bonds is 4. The Morgan fingerprint density at radius 2 is 2.31 bits per heavy atom. The molecule has 3 nitrogen and oxygen atoms in total. The van der Waals surface area contributed by atoms with Crippen LogP contribution in [0.1, 0.15) is 26.2 Å². The van der Waals surface area contributed by atoms with Crippen LogP contribution in [-0.4, -0.2) is 9.55 Å². The van der Waals surface area contributed by atoms with E-state index in [4.69, 9.17) is 12.2 Å². The summed E-state index contributed by atoms with van der Waals surface area (Å²) in [5.41, 5.74) is 0.900. The van der Waals surface area contributed by atoms with Gasteiger partial charge in [-0.05, 0) is 30.1 Å². The normalized spacial score (nSPS) is 11.1. The molecular formula is C11H14N2OS2. The number of thiophene rings is 1. The van der Waals surface area contributed by atoms with Gasteiger partial charge < -0.3 is 4.98 Å². The number of H-pyrrole nitrogens is 1. The minimum atomic E-state index is 0.0462. The summed E-state index contributed by atoms with van der Waals surface area (Å²) in [5, 5.41) is 1.91. The van der Waals surface area contributed by atoms with Crippen LogP contribution < -0.4 is 5.56 Å². The van der Waals surface area contributed by atoms with E-state index >= 15 is 0 Å². The molecule has 16 heavy (non-hydrogen) atoms. The van der Waals surface area contributed by atoms with E-state index in [1.807, 2.05) is 11.4 Å². The highest BCUT2D eigenvalue weighted by Gasteiger charge is 2.05. The lowest BCUT2D eigenvalue weighted by molar-refractivity contribution is 0.578. The first kappa shape index (κ1) is 11.5. The Balaban J connectivity index is 2.44. The van der Waals surface area contributed by atoms with E-state index in [0.29, 0.717) is 4.77 Å². The predicted octanol–water partition coefficient (Wildman–Crippen LogP) is 3.31. The zero-order chi connectivity index (χ0) is 11.5. The highest BCUT2D eigenvalue weighted by Crippen LogP contribution is 2.14. The summed E-state index contributed by atoms with van der Waals surface area (Å²) in [4.78, 5) is 15.2. The molecule has 5 heteroatoms. The third-order valence-corrected chi connectivity index (χ3v) is 3.80. The molecule has 2 rings (SSSR count). The van der Waals surface area contributed by atoms with Crippen LogP contribution in [0.25, 0.3) is 10.2 Å². The number of aromatic amines is 1. The fourth-order valence-electron chi connectivity index (χ4n) is 1.69. The molecule has 0 fully saturated rings. The lowest BCUT2D eigenvalue weighted by atomic mass is 10.2. The second-order valence-electron chi connectivity index (χ2n) is 3.76. The third kappa shape index (κ3) is 2.10. The van der Waals surface area contributed by atoms with Crippen molar-refractivity contribution in [3.05, 3.63) is 26.6 Å². The van der Waals surface area contributed by atoms with Crippen LogP contribution in [0.5, 0.6) is 0 Å². The van der Waals surface area contributed by atoms with Gasteiger partial charge in [0.1, 0.15) is 4.70 Å². The number of nitrogens with zero attached hydrogens (tertiary/aromatic N) is 1. The topological polar surface area (TPSA) is 37.8 Å². The summed E-state index contributed by atoms with van der Waals surface area (Å²) in [5.74, 6) is 0. The molecule has 0 aliphatic rings. The van der Waals surface area contributed by atoms with Crippen molar-refractivity contribution in [2.75, 3.05) is 0 Å². The van der Waals surface area contributed by atoms with E-state index in [0.717, 1.165) is 36.0 Å². The monoisotopic (exact) mass is 254 g/mol. The van der Waals surface area contributed by atoms with Crippen molar-refractivity contribution in [3.63, 3.8) is 0 Å². The van der Waals surface area contributed by atoms with Gasteiger partial charge in [0.2, 0.25) is 0 Å². The summed E-state index contributed by atoms with van der Waals surface area (Å²) in [6.45, 7) is 2.86. The maximum atomic E-state index is 12.1. The van der Waals surface area contributed by atoms with Gasteiger partial charge in [-0.1, -0.05) is 19.8 Å². The zero-order valence-corrected chi connectivity index (χ0v) is 10.8. The molecule has 86 valence electrons. The molecule has 0 spiro atoms. The summed E-state index contributed by atoms with van der Waals surface area (Å²) >= 11 is 6.66. The molecule has 1 N–H and O–H groups in total. The molecule has 2 aromatic heterocycles. The zero-order valence-electron chi connectivity index (χ0n) is 9.16. The molecule has 0 aromatic carbocycles. The maximum Gasteiger partial charge on any atom is 0.272 e. The number of hydrogen-bond donors (Lipinski definition) is 1. The smallest absolute Gasteiger partial charge is 0.272 e. The third-order valence-electron chi connectivity index (χ3n) is 2.58. The summed E-state index contributed by atoms with van der Waals surface area (Å²) < 4.78 is 2.97. The van der Waals surface area contributed by atoms with Gasteiger partial charge in [0, 0.05) is 6.54 Å². The second-order valence-corrected chi connectivity index (χ2v) is 5.06. The molecule has 0 saturated heterocycles. The van der Waals surface area contributed by atoms with E-state index in [9.17, 15) is 4.79 Å². The van der Waals surface area contributed by atoms with E-state index in [1.165, 1.54) is 11.3 Å². The lowest BCUT2D eigenvalue weighted by Crippen LogP contribution is -2.21. The summed E-state index contributed by atoms with van der Waals surface area (Å²) in [7, 11) is 0. The van der Waals surface area contributed by atoms with Crippen LogP contribution in [-0.2, 0) is 6.54 Å². The number of hydrogen-bond acceptors (Lipinski definition) is 3. The number of aromatic nitrogens is 2. The molecule has 0 radical (unpaired) electrons. The molecule has 0 atom stereocenters. The van der Waals surface area contributed by atoms with Crippen LogP contribution in [0.2, 0.25) is 0 Å². The van der Waals surface area contributed by atoms with Gasteiger partial charge >= 0.3 is 0 Å². The minimum absolute atomic E-state index is 0.0462. The van der Waals surface area contributed by atoms with Crippen molar-refractivity contribution in [2.45, 2.75) is 32.7 Å². The first-order chi connectivity index (χ1) is 7.74. The fourth-order valence-corrected chi connectivity index (χ4v) is 2.78. The van der Waals surface area contributed by atoms with Gasteiger partial charge in [-0.3, -0.25) is 9.36 Å². The maximum absolute atomic E-state index is 12.1. The number of fused-ring (bicyclic) bond motifs is 1. The van der Waals surface area contributed by atoms with E-state index in [-0.39, 0.29) is 5.56 Å². The molecular weight excluding hydrogens is 240 g/mol. The van der Waals surface area contributed by atoms with Crippen LogP contribution in [0.15, 0.2) is 16.2 Å². The van der Waals surface area contributed by atoms with Crippen LogP contribution in [0.4, 0.5) is 0 Å². The van der Waals surface area contributed by atoms with E-state index in [1.54, 1.807) is 4.57 Å². The predicted molar refractivity (Wildman–Crippen MR) is 70.8 cm³/mol. The molecule has 0 aliphatic heterocycles. The van der Waals surface area contributed by atoms with E-state index in [2.05, 4.69) is 11.9 Å². The standard InChI is InChI=1S/C11H14N2OS2/c1-2-3-4-6-13-10(14)9-8(5-7-16-9)12-11(13)15/h5,7H,2-4,6H2,1H3,(H,12,15). The summed E-state index contributed by atoms with van der Waals surface area (Å²) in [6, 6.07) is 1.90. The van der Waals surface area contributed by atoms with Gasteiger partial charge in [-0.15, -0.1) is 11.3 Å². The largest absolute Gasteiger partial charge is 0.331 e. The van der Waals surface area contributed by atoms with Crippen molar-refractivity contribution in [2.24, 2.45) is 0 Å². The molecule has 0 saturated carbocycles. The molecule has 0 bridgehead atoms. The van der Waals surface area contributed by atoms with Crippen LogP contribution in [0.3, 0.4) is 0 Å². The first-order valence-electron chi connectivity index (χ1n) is 5.44. The Bertz CT molecular complexity index is 594. The van der Waals surface area contributed by atoms with Gasteiger partial charge in [0.15, 0.2) is 4.77 Å². The SMILES string of the molecule is CCCCCn1c(=S)[nH]c2ccsc2c1=O. The van der Waals surface area contributed by atoms with Crippen molar-refractivity contribution in [1.29, 1.82) is 0 Å². The lowest BCUT2D eigenvalue weighted by Gasteiger charge is -2.05. The first-order valence-corrected chi connectivity index (χ1v) is 6.73. The summed E-state index contributed by atoms with van der Waals surface area (Å²) in [6.07, 6.45) is 3.28. The quantitative estimate of drug-likeness (QED) is 0.671. The Labute approximate surface area is 103 Å². The average molecular weight is 254 g/mol. The van der Waals surface area contributed by atoms with Gasteiger partial charge in [-0.2, -0.15) is 0 Å². The van der Waals surface area contributed by atoms with Crippen molar-refractivity contribution >= 4 is 33.8 Å². The van der Waals surface area contributed by atoms with Crippen molar-refractivity contribution in [3.8, 4) is 0 Å². The number of nitrogens with one attached hydrogen (secondary N) is 1. The van der Waals surface area contributed by atoms with Crippen LogP contribution in [0, 0.1) is 4.77 Å². The highest BCUT2D eigenvalue weighted by atomic mass is 32.1. The molecule has 0 unspecified atom stereocenters. The Hall–Kier alpha value is -0.940. The Morgan fingerprint density at radius 3 is 3.06 bits per heavy atom. The van der Waals surface area contributed by atoms with Crippen molar-refractivity contribution in [1.82, 2.24) is 9.55 Å². The Morgan fingerprint density at radius 1 is 1.50 bits per heavy atom. The van der Waals surface area contributed by atoms with Crippen molar-refractivity contribution < 1.29 is 0 Å².